The predicted molar refractivity (Wildman–Crippen MR) is 119 cm³/mol. The molecule has 1 atom stereocenters. The molecule has 1 heterocycles. The number of fused-ring (bicyclic) bond motifs is 2. The first-order chi connectivity index (χ1) is 14.4. The molecule has 1 amide bonds. The zero-order valence-corrected chi connectivity index (χ0v) is 18.5. The third-order valence-corrected chi connectivity index (χ3v) is 8.89. The average molecular weight is 427 g/mol. The summed E-state index contributed by atoms with van der Waals surface area (Å²) >= 11 is 0. The lowest BCUT2D eigenvalue weighted by Gasteiger charge is -2.43. The van der Waals surface area contributed by atoms with Crippen LogP contribution < -0.4 is 5.32 Å². The Labute approximate surface area is 179 Å². The van der Waals surface area contributed by atoms with Crippen LogP contribution in [0.15, 0.2) is 48.5 Å². The fraction of sp³-hybridized carbons (Fsp3) is 0.458. The minimum Gasteiger partial charge on any atom is -0.348 e. The molecule has 2 aromatic carbocycles. The van der Waals surface area contributed by atoms with Crippen molar-refractivity contribution in [3.63, 3.8) is 0 Å². The summed E-state index contributed by atoms with van der Waals surface area (Å²) in [5.74, 6) is 0.149. The number of hydrogen-bond donors (Lipinski definition) is 1. The normalized spacial score (nSPS) is 20.8. The van der Waals surface area contributed by atoms with E-state index in [1.807, 2.05) is 50.2 Å². The Morgan fingerprint density at radius 2 is 1.77 bits per heavy atom. The zero-order chi connectivity index (χ0) is 21.4. The Balaban J connectivity index is 1.61. The number of nitrogens with zero attached hydrogens (tertiary/aromatic N) is 1. The van der Waals surface area contributed by atoms with Gasteiger partial charge in [-0.05, 0) is 55.4 Å². The van der Waals surface area contributed by atoms with Gasteiger partial charge in [-0.25, -0.2) is 12.7 Å². The van der Waals surface area contributed by atoms with Crippen LogP contribution in [-0.2, 0) is 21.9 Å². The van der Waals surface area contributed by atoms with Crippen molar-refractivity contribution in [1.82, 2.24) is 9.62 Å². The summed E-state index contributed by atoms with van der Waals surface area (Å²) in [6.45, 7) is 4.86. The Hall–Kier alpha value is -2.18. The van der Waals surface area contributed by atoms with Crippen molar-refractivity contribution >= 4 is 15.9 Å². The van der Waals surface area contributed by atoms with Crippen molar-refractivity contribution in [2.45, 2.75) is 51.0 Å². The number of nitrogens with one attached hydrogen (secondary N) is 1. The molecule has 1 aliphatic heterocycles. The topological polar surface area (TPSA) is 66.5 Å². The van der Waals surface area contributed by atoms with Crippen LogP contribution in [0, 0.1) is 6.92 Å². The van der Waals surface area contributed by atoms with Crippen LogP contribution in [0.3, 0.4) is 0 Å². The van der Waals surface area contributed by atoms with Gasteiger partial charge in [0.2, 0.25) is 10.0 Å². The second kappa shape index (κ2) is 8.16. The number of hydrogen-bond acceptors (Lipinski definition) is 3. The van der Waals surface area contributed by atoms with E-state index in [0.29, 0.717) is 25.1 Å². The highest BCUT2D eigenvalue weighted by molar-refractivity contribution is 7.89. The maximum Gasteiger partial charge on any atom is 0.251 e. The molecule has 1 spiro atoms. The van der Waals surface area contributed by atoms with Gasteiger partial charge in [-0.2, -0.15) is 0 Å². The molecule has 5 nitrogen and oxygen atoms in total. The highest BCUT2D eigenvalue weighted by atomic mass is 32.2. The van der Waals surface area contributed by atoms with E-state index in [1.165, 1.54) is 11.1 Å². The van der Waals surface area contributed by atoms with Crippen LogP contribution in [0.4, 0.5) is 0 Å². The zero-order valence-electron chi connectivity index (χ0n) is 17.7. The number of carbonyl (C=O) groups excluding carboxylic acids is 1. The molecule has 6 heteroatoms. The maximum atomic E-state index is 13.1. The molecule has 0 bridgehead atoms. The van der Waals surface area contributed by atoms with E-state index in [0.717, 1.165) is 24.8 Å². The lowest BCUT2D eigenvalue weighted by Crippen LogP contribution is -2.54. The van der Waals surface area contributed by atoms with Gasteiger partial charge in [0, 0.05) is 30.1 Å². The number of aryl methyl sites for hydroxylation is 1. The molecule has 0 saturated carbocycles. The number of benzene rings is 2. The van der Waals surface area contributed by atoms with Crippen molar-refractivity contribution < 1.29 is 13.2 Å². The molecule has 1 N–H and O–H groups in total. The molecule has 0 radical (unpaired) electrons. The standard InChI is InChI=1S/C24H30N2O3S/c1-3-16-30(28,29)26-14-12-24(13-15-26)21-11-7-5-9-19(21)17-22(24)25-23(27)20-10-6-4-8-18(20)2/h4-11,22H,3,12-17H2,1-2H3,(H,25,27). The molecular weight excluding hydrogens is 396 g/mol. The van der Waals surface area contributed by atoms with Gasteiger partial charge in [0.1, 0.15) is 0 Å². The van der Waals surface area contributed by atoms with Gasteiger partial charge in [-0.3, -0.25) is 4.79 Å². The molecule has 1 saturated heterocycles. The Kier molecular flexibility index (Phi) is 5.73. The van der Waals surface area contributed by atoms with Crippen LogP contribution in [0.2, 0.25) is 0 Å². The number of piperidine rings is 1. The lowest BCUT2D eigenvalue weighted by atomic mass is 9.71. The van der Waals surface area contributed by atoms with Crippen LogP contribution in [-0.4, -0.2) is 43.5 Å². The van der Waals surface area contributed by atoms with Crippen molar-refractivity contribution in [2.75, 3.05) is 18.8 Å². The summed E-state index contributed by atoms with van der Waals surface area (Å²) in [5.41, 5.74) is 3.98. The second-order valence-electron chi connectivity index (χ2n) is 8.57. The van der Waals surface area contributed by atoms with Gasteiger partial charge in [0.05, 0.1) is 5.75 Å². The second-order valence-corrected chi connectivity index (χ2v) is 10.7. The van der Waals surface area contributed by atoms with E-state index in [2.05, 4.69) is 17.4 Å². The smallest absolute Gasteiger partial charge is 0.251 e. The van der Waals surface area contributed by atoms with Gasteiger partial charge < -0.3 is 5.32 Å². The fourth-order valence-corrected chi connectivity index (χ4v) is 6.72. The average Bonchev–Trinajstić information content (AvgIpc) is 3.01. The van der Waals surface area contributed by atoms with Crippen LogP contribution in [0.5, 0.6) is 0 Å². The summed E-state index contributed by atoms with van der Waals surface area (Å²) in [7, 11) is -3.20. The minimum absolute atomic E-state index is 0.0296. The SMILES string of the molecule is CCCS(=O)(=O)N1CCC2(CC1)c1ccccc1CC2NC(=O)c1ccccc1C. The molecule has 2 aliphatic rings. The van der Waals surface area contributed by atoms with E-state index in [9.17, 15) is 13.2 Å². The first kappa shape index (κ1) is 21.1. The molecule has 30 heavy (non-hydrogen) atoms. The predicted octanol–water partition coefficient (Wildman–Crippen LogP) is 3.42. The summed E-state index contributed by atoms with van der Waals surface area (Å²) < 4.78 is 26.8. The summed E-state index contributed by atoms with van der Waals surface area (Å²) in [5, 5.41) is 3.32. The van der Waals surface area contributed by atoms with E-state index < -0.39 is 10.0 Å². The largest absolute Gasteiger partial charge is 0.348 e. The highest BCUT2D eigenvalue weighted by Crippen LogP contribution is 2.46. The van der Waals surface area contributed by atoms with E-state index in [-0.39, 0.29) is 23.1 Å². The minimum atomic E-state index is -3.20. The van der Waals surface area contributed by atoms with Gasteiger partial charge >= 0.3 is 0 Å². The number of amides is 1. The van der Waals surface area contributed by atoms with Gasteiger partial charge in [0.25, 0.3) is 5.91 Å². The van der Waals surface area contributed by atoms with Gasteiger partial charge in [-0.15, -0.1) is 0 Å². The van der Waals surface area contributed by atoms with Crippen LogP contribution in [0.25, 0.3) is 0 Å². The van der Waals surface area contributed by atoms with Crippen molar-refractivity contribution in [1.29, 1.82) is 0 Å². The van der Waals surface area contributed by atoms with E-state index in [1.54, 1.807) is 4.31 Å². The van der Waals surface area contributed by atoms with Crippen molar-refractivity contribution in [2.24, 2.45) is 0 Å². The van der Waals surface area contributed by atoms with Crippen molar-refractivity contribution in [3.05, 3.63) is 70.8 Å². The number of rotatable bonds is 5. The molecule has 0 aromatic heterocycles. The van der Waals surface area contributed by atoms with Gasteiger partial charge in [0.15, 0.2) is 0 Å². The van der Waals surface area contributed by atoms with E-state index in [4.69, 9.17) is 0 Å². The summed E-state index contributed by atoms with van der Waals surface area (Å²) in [6.07, 6.45) is 2.87. The summed E-state index contributed by atoms with van der Waals surface area (Å²) in [6, 6.07) is 16.0. The lowest BCUT2D eigenvalue weighted by molar-refractivity contribution is 0.0896. The molecule has 2 aromatic rings. The van der Waals surface area contributed by atoms with Gasteiger partial charge in [-0.1, -0.05) is 49.4 Å². The molecule has 160 valence electrons. The Morgan fingerprint density at radius 1 is 1.10 bits per heavy atom. The monoisotopic (exact) mass is 426 g/mol. The molecule has 1 unspecified atom stereocenters. The quantitative estimate of drug-likeness (QED) is 0.797. The fourth-order valence-electron chi connectivity index (χ4n) is 5.21. The summed E-state index contributed by atoms with van der Waals surface area (Å²) in [4.78, 5) is 13.1. The van der Waals surface area contributed by atoms with E-state index >= 15 is 0 Å². The third kappa shape index (κ3) is 3.67. The Morgan fingerprint density at radius 3 is 2.47 bits per heavy atom. The molecule has 1 fully saturated rings. The number of sulfonamides is 1. The molecule has 4 rings (SSSR count). The first-order valence-corrected chi connectivity index (χ1v) is 12.4. The number of carbonyl (C=O) groups is 1. The van der Waals surface area contributed by atoms with Crippen LogP contribution in [0.1, 0.15) is 53.2 Å². The van der Waals surface area contributed by atoms with Crippen LogP contribution >= 0.6 is 0 Å². The van der Waals surface area contributed by atoms with Crippen molar-refractivity contribution in [3.8, 4) is 0 Å². The third-order valence-electron chi connectivity index (χ3n) is 6.81. The Bertz CT molecular complexity index is 1040. The molecule has 1 aliphatic carbocycles. The first-order valence-electron chi connectivity index (χ1n) is 10.8. The highest BCUT2D eigenvalue weighted by Gasteiger charge is 2.49. The molecular formula is C24H30N2O3S. The maximum absolute atomic E-state index is 13.1.